The quantitative estimate of drug-likeness (QED) is 0.662. The smallest absolute Gasteiger partial charge is 0.119 e. The van der Waals surface area contributed by atoms with Crippen molar-refractivity contribution in [3.63, 3.8) is 0 Å². The maximum absolute atomic E-state index is 9.36. The molecule has 0 fully saturated rings. The monoisotopic (exact) mass is 309 g/mol. The van der Waals surface area contributed by atoms with Gasteiger partial charge in [0.15, 0.2) is 0 Å². The fourth-order valence-electron chi connectivity index (χ4n) is 2.44. The molecule has 0 saturated carbocycles. The number of rotatable bonds is 8. The van der Waals surface area contributed by atoms with Crippen molar-refractivity contribution in [3.05, 3.63) is 59.7 Å². The predicted octanol–water partition coefficient (Wildman–Crippen LogP) is 4.72. The fraction of sp³-hybridized carbons (Fsp3) is 0.350. The Bertz CT molecular complexity index is 626. The molecule has 2 rings (SSSR count). The second kappa shape index (κ2) is 8.85. The summed E-state index contributed by atoms with van der Waals surface area (Å²) in [5.41, 5.74) is 2.34. The second-order valence-electron chi connectivity index (χ2n) is 5.44. The van der Waals surface area contributed by atoms with Crippen LogP contribution in [-0.2, 0) is 6.42 Å². The molecule has 1 unspecified atom stereocenters. The van der Waals surface area contributed by atoms with Gasteiger partial charge in [0.2, 0.25) is 0 Å². The first-order chi connectivity index (χ1) is 11.3. The molecular formula is C20H23NO2. The summed E-state index contributed by atoms with van der Waals surface area (Å²) in [6.07, 6.45) is 2.67. The summed E-state index contributed by atoms with van der Waals surface area (Å²) in [6, 6.07) is 18.3. The zero-order valence-electron chi connectivity index (χ0n) is 13.8. The zero-order chi connectivity index (χ0) is 16.5. The number of aryl methyl sites for hydroxylation is 1. The third-order valence-electron chi connectivity index (χ3n) is 3.91. The Morgan fingerprint density at radius 1 is 1.00 bits per heavy atom. The van der Waals surface area contributed by atoms with Crippen LogP contribution in [0.1, 0.15) is 36.8 Å². The average molecular weight is 309 g/mol. The van der Waals surface area contributed by atoms with E-state index in [1.807, 2.05) is 36.4 Å². The molecule has 0 N–H and O–H groups in total. The van der Waals surface area contributed by atoms with Crippen LogP contribution < -0.4 is 9.47 Å². The van der Waals surface area contributed by atoms with Crippen molar-refractivity contribution in [1.82, 2.24) is 0 Å². The standard InChI is InChI=1S/C20H23NO2/c1-3-16-6-10-20(11-7-16)23-14-4-5-18(15-21)17-8-12-19(22-2)13-9-17/h6-13,18H,3-5,14H2,1-2H3. The molecule has 0 saturated heterocycles. The lowest BCUT2D eigenvalue weighted by Gasteiger charge is -2.11. The van der Waals surface area contributed by atoms with E-state index in [4.69, 9.17) is 9.47 Å². The molecular weight excluding hydrogens is 286 g/mol. The highest BCUT2D eigenvalue weighted by Crippen LogP contribution is 2.23. The van der Waals surface area contributed by atoms with Crippen LogP contribution in [-0.4, -0.2) is 13.7 Å². The van der Waals surface area contributed by atoms with Crippen molar-refractivity contribution in [1.29, 1.82) is 5.26 Å². The van der Waals surface area contributed by atoms with Crippen LogP contribution in [0.2, 0.25) is 0 Å². The van der Waals surface area contributed by atoms with Crippen molar-refractivity contribution >= 4 is 0 Å². The van der Waals surface area contributed by atoms with Crippen LogP contribution >= 0.6 is 0 Å². The third kappa shape index (κ3) is 5.03. The molecule has 0 bridgehead atoms. The Labute approximate surface area is 138 Å². The fourth-order valence-corrected chi connectivity index (χ4v) is 2.44. The third-order valence-corrected chi connectivity index (χ3v) is 3.91. The van der Waals surface area contributed by atoms with Gasteiger partial charge in [-0.25, -0.2) is 0 Å². The lowest BCUT2D eigenvalue weighted by Crippen LogP contribution is -2.02. The molecule has 0 amide bonds. The molecule has 120 valence electrons. The normalized spacial score (nSPS) is 11.5. The molecule has 0 spiro atoms. The molecule has 0 aromatic heterocycles. The maximum atomic E-state index is 9.36. The van der Waals surface area contributed by atoms with Crippen molar-refractivity contribution in [2.45, 2.75) is 32.1 Å². The lowest BCUT2D eigenvalue weighted by molar-refractivity contribution is 0.305. The van der Waals surface area contributed by atoms with E-state index in [0.717, 1.165) is 36.3 Å². The van der Waals surface area contributed by atoms with Crippen LogP contribution in [0.4, 0.5) is 0 Å². The summed E-state index contributed by atoms with van der Waals surface area (Å²) in [5.74, 6) is 1.59. The van der Waals surface area contributed by atoms with Gasteiger partial charge in [0.25, 0.3) is 0 Å². The number of ether oxygens (including phenoxy) is 2. The molecule has 0 aliphatic carbocycles. The summed E-state index contributed by atoms with van der Waals surface area (Å²) >= 11 is 0. The highest BCUT2D eigenvalue weighted by molar-refractivity contribution is 5.32. The number of nitrogens with zero attached hydrogens (tertiary/aromatic N) is 1. The Balaban J connectivity index is 1.79. The molecule has 3 heteroatoms. The van der Waals surface area contributed by atoms with Crippen molar-refractivity contribution < 1.29 is 9.47 Å². The highest BCUT2D eigenvalue weighted by atomic mass is 16.5. The van der Waals surface area contributed by atoms with Gasteiger partial charge in [0.05, 0.1) is 25.7 Å². The first kappa shape index (κ1) is 16.9. The minimum Gasteiger partial charge on any atom is -0.497 e. The molecule has 0 aliphatic rings. The Morgan fingerprint density at radius 2 is 1.65 bits per heavy atom. The number of benzene rings is 2. The topological polar surface area (TPSA) is 42.2 Å². The van der Waals surface area contributed by atoms with Gasteiger partial charge in [-0.15, -0.1) is 0 Å². The van der Waals surface area contributed by atoms with Gasteiger partial charge in [0, 0.05) is 0 Å². The summed E-state index contributed by atoms with van der Waals surface area (Å²) < 4.78 is 10.9. The van der Waals surface area contributed by atoms with E-state index >= 15 is 0 Å². The first-order valence-electron chi connectivity index (χ1n) is 8.02. The van der Waals surface area contributed by atoms with Gasteiger partial charge in [0.1, 0.15) is 11.5 Å². The van der Waals surface area contributed by atoms with Crippen LogP contribution in [0.25, 0.3) is 0 Å². The SMILES string of the molecule is CCc1ccc(OCCCC(C#N)c2ccc(OC)cc2)cc1. The van der Waals surface area contributed by atoms with E-state index in [1.54, 1.807) is 7.11 Å². The van der Waals surface area contributed by atoms with E-state index in [1.165, 1.54) is 5.56 Å². The van der Waals surface area contributed by atoms with Gasteiger partial charge in [-0.3, -0.25) is 0 Å². The van der Waals surface area contributed by atoms with Gasteiger partial charge in [-0.2, -0.15) is 5.26 Å². The van der Waals surface area contributed by atoms with Gasteiger partial charge < -0.3 is 9.47 Å². The van der Waals surface area contributed by atoms with E-state index in [-0.39, 0.29) is 5.92 Å². The molecule has 2 aromatic rings. The van der Waals surface area contributed by atoms with Gasteiger partial charge in [-0.1, -0.05) is 31.2 Å². The molecule has 0 heterocycles. The number of nitriles is 1. The molecule has 1 atom stereocenters. The van der Waals surface area contributed by atoms with Gasteiger partial charge >= 0.3 is 0 Å². The van der Waals surface area contributed by atoms with E-state index in [2.05, 4.69) is 25.1 Å². The number of hydrogen-bond donors (Lipinski definition) is 0. The Kier molecular flexibility index (Phi) is 6.50. The minimum atomic E-state index is -0.105. The van der Waals surface area contributed by atoms with E-state index < -0.39 is 0 Å². The lowest BCUT2D eigenvalue weighted by atomic mass is 9.96. The first-order valence-corrected chi connectivity index (χ1v) is 8.02. The van der Waals surface area contributed by atoms with Crippen molar-refractivity contribution in [2.24, 2.45) is 0 Å². The maximum Gasteiger partial charge on any atom is 0.119 e. The molecule has 3 nitrogen and oxygen atoms in total. The molecule has 0 radical (unpaired) electrons. The molecule has 0 aliphatic heterocycles. The Morgan fingerprint density at radius 3 is 2.22 bits per heavy atom. The summed E-state index contributed by atoms with van der Waals surface area (Å²) in [7, 11) is 1.64. The van der Waals surface area contributed by atoms with Crippen molar-refractivity contribution in [2.75, 3.05) is 13.7 Å². The zero-order valence-corrected chi connectivity index (χ0v) is 13.8. The van der Waals surface area contributed by atoms with Crippen LogP contribution in [0.15, 0.2) is 48.5 Å². The average Bonchev–Trinajstić information content (AvgIpc) is 2.62. The largest absolute Gasteiger partial charge is 0.497 e. The van der Waals surface area contributed by atoms with E-state index in [9.17, 15) is 5.26 Å². The van der Waals surface area contributed by atoms with Crippen LogP contribution in [0, 0.1) is 11.3 Å². The molecule has 2 aromatic carbocycles. The Hall–Kier alpha value is -2.47. The summed E-state index contributed by atoms with van der Waals surface area (Å²) in [6.45, 7) is 2.76. The van der Waals surface area contributed by atoms with Crippen LogP contribution in [0.3, 0.4) is 0 Å². The van der Waals surface area contributed by atoms with E-state index in [0.29, 0.717) is 6.61 Å². The van der Waals surface area contributed by atoms with Gasteiger partial charge in [-0.05, 0) is 54.7 Å². The second-order valence-corrected chi connectivity index (χ2v) is 5.44. The van der Waals surface area contributed by atoms with Crippen molar-refractivity contribution in [3.8, 4) is 17.6 Å². The summed E-state index contributed by atoms with van der Waals surface area (Å²) in [4.78, 5) is 0. The minimum absolute atomic E-state index is 0.105. The number of hydrogen-bond acceptors (Lipinski definition) is 3. The predicted molar refractivity (Wildman–Crippen MR) is 91.9 cm³/mol. The molecule has 23 heavy (non-hydrogen) atoms. The highest BCUT2D eigenvalue weighted by Gasteiger charge is 2.10. The van der Waals surface area contributed by atoms with Crippen LogP contribution in [0.5, 0.6) is 11.5 Å². The number of methoxy groups -OCH3 is 1. The summed E-state index contributed by atoms with van der Waals surface area (Å²) in [5, 5.41) is 9.36.